The average molecular weight is 361 g/mol. The summed E-state index contributed by atoms with van der Waals surface area (Å²) in [7, 11) is 0. The van der Waals surface area contributed by atoms with Crippen molar-refractivity contribution in [3.63, 3.8) is 0 Å². The summed E-state index contributed by atoms with van der Waals surface area (Å²) >= 11 is 13.2. The Morgan fingerprint density at radius 1 is 1.22 bits per heavy atom. The lowest BCUT2D eigenvalue weighted by atomic mass is 10.2. The van der Waals surface area contributed by atoms with Crippen LogP contribution >= 0.6 is 35.6 Å². The number of nitrogens with one attached hydrogen (secondary N) is 1. The largest absolute Gasteiger partial charge is 0.250 e. The van der Waals surface area contributed by atoms with Gasteiger partial charge in [-0.05, 0) is 48.3 Å². The van der Waals surface area contributed by atoms with E-state index in [2.05, 4.69) is 27.4 Å². The molecule has 2 aromatic carbocycles. The maximum Gasteiger partial charge on any atom is 0.216 e. The first-order chi connectivity index (χ1) is 11.2. The zero-order chi connectivity index (χ0) is 16.2. The van der Waals surface area contributed by atoms with E-state index < -0.39 is 0 Å². The SMILES string of the molecule is CSc1ccc(/C=N/n2c(-c3ccccc3Cl)n[nH]c2=S)cc1. The van der Waals surface area contributed by atoms with Gasteiger partial charge in [0.15, 0.2) is 5.82 Å². The summed E-state index contributed by atoms with van der Waals surface area (Å²) in [6, 6.07) is 15.6. The van der Waals surface area contributed by atoms with Gasteiger partial charge >= 0.3 is 0 Å². The van der Waals surface area contributed by atoms with Crippen molar-refractivity contribution < 1.29 is 0 Å². The molecule has 0 atom stereocenters. The third-order valence-electron chi connectivity index (χ3n) is 3.20. The number of rotatable bonds is 4. The van der Waals surface area contributed by atoms with E-state index in [1.54, 1.807) is 22.7 Å². The molecule has 0 saturated heterocycles. The Morgan fingerprint density at radius 3 is 2.65 bits per heavy atom. The quantitative estimate of drug-likeness (QED) is 0.410. The summed E-state index contributed by atoms with van der Waals surface area (Å²) in [5.74, 6) is 0.581. The molecule has 4 nitrogen and oxygen atoms in total. The number of hydrogen-bond donors (Lipinski definition) is 1. The lowest BCUT2D eigenvalue weighted by Crippen LogP contribution is -1.95. The van der Waals surface area contributed by atoms with E-state index >= 15 is 0 Å². The van der Waals surface area contributed by atoms with Crippen LogP contribution in [0.1, 0.15) is 5.56 Å². The normalized spacial score (nSPS) is 11.2. The molecule has 0 bridgehead atoms. The number of thioether (sulfide) groups is 1. The summed E-state index contributed by atoms with van der Waals surface area (Å²) in [5.41, 5.74) is 1.76. The molecule has 0 spiro atoms. The van der Waals surface area contributed by atoms with Crippen molar-refractivity contribution in [1.29, 1.82) is 0 Å². The standard InChI is InChI=1S/C16H13ClN4S2/c1-23-12-8-6-11(7-9-12)10-18-21-15(19-20-16(21)22)13-4-2-3-5-14(13)17/h2-10H,1H3,(H,20,22)/b18-10+. The third kappa shape index (κ3) is 3.55. The van der Waals surface area contributed by atoms with Crippen LogP contribution in [0.15, 0.2) is 58.5 Å². The van der Waals surface area contributed by atoms with Crippen molar-refractivity contribution in [3.05, 3.63) is 63.9 Å². The van der Waals surface area contributed by atoms with Gasteiger partial charge in [0.1, 0.15) is 0 Å². The fourth-order valence-electron chi connectivity index (χ4n) is 2.03. The average Bonchev–Trinajstić information content (AvgIpc) is 2.94. The summed E-state index contributed by atoms with van der Waals surface area (Å²) in [6.45, 7) is 0. The van der Waals surface area contributed by atoms with Crippen LogP contribution < -0.4 is 0 Å². The van der Waals surface area contributed by atoms with Crippen LogP contribution in [0.2, 0.25) is 5.02 Å². The number of nitrogens with zero attached hydrogens (tertiary/aromatic N) is 3. The second-order valence-electron chi connectivity index (χ2n) is 4.66. The van der Waals surface area contributed by atoms with Gasteiger partial charge in [-0.25, -0.2) is 5.10 Å². The predicted molar refractivity (Wildman–Crippen MR) is 99.1 cm³/mol. The van der Waals surface area contributed by atoms with Crippen LogP contribution in [0, 0.1) is 4.77 Å². The molecule has 0 aliphatic heterocycles. The van der Waals surface area contributed by atoms with Crippen molar-refractivity contribution in [2.75, 3.05) is 6.26 Å². The minimum atomic E-state index is 0.414. The maximum atomic E-state index is 6.24. The third-order valence-corrected chi connectivity index (χ3v) is 4.54. The van der Waals surface area contributed by atoms with Crippen molar-refractivity contribution in [1.82, 2.24) is 14.9 Å². The van der Waals surface area contributed by atoms with Crippen LogP contribution in [-0.4, -0.2) is 27.3 Å². The number of aromatic amines is 1. The van der Waals surface area contributed by atoms with Gasteiger partial charge in [-0.1, -0.05) is 35.9 Å². The summed E-state index contributed by atoms with van der Waals surface area (Å²) in [6.07, 6.45) is 3.79. The first-order valence-corrected chi connectivity index (χ1v) is 8.81. The number of hydrogen-bond acceptors (Lipinski definition) is 4. The minimum Gasteiger partial charge on any atom is -0.250 e. The van der Waals surface area contributed by atoms with Crippen LogP contribution in [0.4, 0.5) is 0 Å². The molecule has 1 N–H and O–H groups in total. The smallest absolute Gasteiger partial charge is 0.216 e. The first kappa shape index (κ1) is 16.0. The van der Waals surface area contributed by atoms with Crippen molar-refractivity contribution in [3.8, 4) is 11.4 Å². The molecule has 0 aliphatic carbocycles. The number of benzene rings is 2. The molecule has 0 fully saturated rings. The Balaban J connectivity index is 1.97. The number of H-pyrrole nitrogens is 1. The van der Waals surface area contributed by atoms with Gasteiger partial charge in [0, 0.05) is 10.5 Å². The molecule has 7 heteroatoms. The minimum absolute atomic E-state index is 0.414. The van der Waals surface area contributed by atoms with Gasteiger partial charge in [-0.2, -0.15) is 14.9 Å². The maximum absolute atomic E-state index is 6.24. The summed E-state index contributed by atoms with van der Waals surface area (Å²) in [5, 5.41) is 12.0. The Labute approximate surface area is 148 Å². The molecule has 0 radical (unpaired) electrons. The number of halogens is 1. The zero-order valence-corrected chi connectivity index (χ0v) is 14.6. The highest BCUT2D eigenvalue weighted by atomic mass is 35.5. The molecule has 3 aromatic rings. The summed E-state index contributed by atoms with van der Waals surface area (Å²) < 4.78 is 1.98. The van der Waals surface area contributed by atoms with Gasteiger partial charge in [0.25, 0.3) is 0 Å². The highest BCUT2D eigenvalue weighted by Crippen LogP contribution is 2.25. The fraction of sp³-hybridized carbons (Fsp3) is 0.0625. The van der Waals surface area contributed by atoms with Gasteiger partial charge in [-0.15, -0.1) is 11.8 Å². The Hall–Kier alpha value is -1.89. The molecule has 0 unspecified atom stereocenters. The molecule has 3 rings (SSSR count). The van der Waals surface area contributed by atoms with E-state index in [0.717, 1.165) is 11.1 Å². The molecule has 0 amide bonds. The lowest BCUT2D eigenvalue weighted by Gasteiger charge is -2.03. The van der Waals surface area contributed by atoms with E-state index in [9.17, 15) is 0 Å². The van der Waals surface area contributed by atoms with Crippen molar-refractivity contribution in [2.45, 2.75) is 4.90 Å². The zero-order valence-electron chi connectivity index (χ0n) is 12.2. The molecule has 0 saturated carbocycles. The number of aromatic nitrogens is 3. The van der Waals surface area contributed by atoms with Crippen LogP contribution in [0.25, 0.3) is 11.4 Å². The molecule has 1 aromatic heterocycles. The van der Waals surface area contributed by atoms with Crippen molar-refractivity contribution in [2.24, 2.45) is 5.10 Å². The molecular weight excluding hydrogens is 348 g/mol. The topological polar surface area (TPSA) is 46.0 Å². The second kappa shape index (κ2) is 7.12. The van der Waals surface area contributed by atoms with E-state index in [-0.39, 0.29) is 0 Å². The molecular formula is C16H13ClN4S2. The van der Waals surface area contributed by atoms with Gasteiger partial charge in [0.2, 0.25) is 4.77 Å². The van der Waals surface area contributed by atoms with E-state index in [0.29, 0.717) is 15.6 Å². The molecule has 116 valence electrons. The Kier molecular flexibility index (Phi) is 4.95. The lowest BCUT2D eigenvalue weighted by molar-refractivity contribution is 0.871. The van der Waals surface area contributed by atoms with Crippen LogP contribution in [0.3, 0.4) is 0 Å². The second-order valence-corrected chi connectivity index (χ2v) is 6.34. The fourth-order valence-corrected chi connectivity index (χ4v) is 2.84. The molecule has 23 heavy (non-hydrogen) atoms. The van der Waals surface area contributed by atoms with Crippen LogP contribution in [-0.2, 0) is 0 Å². The predicted octanol–water partition coefficient (Wildman–Crippen LogP) is 4.87. The van der Waals surface area contributed by atoms with Gasteiger partial charge in [-0.3, -0.25) is 0 Å². The van der Waals surface area contributed by atoms with E-state index in [1.807, 2.05) is 42.7 Å². The Bertz CT molecular complexity index is 897. The highest BCUT2D eigenvalue weighted by molar-refractivity contribution is 7.98. The molecule has 1 heterocycles. The van der Waals surface area contributed by atoms with E-state index in [4.69, 9.17) is 23.8 Å². The van der Waals surface area contributed by atoms with Gasteiger partial charge in [0.05, 0.1) is 11.2 Å². The first-order valence-electron chi connectivity index (χ1n) is 6.80. The van der Waals surface area contributed by atoms with Crippen LogP contribution in [0.5, 0.6) is 0 Å². The monoisotopic (exact) mass is 360 g/mol. The summed E-state index contributed by atoms with van der Waals surface area (Å²) in [4.78, 5) is 1.21. The van der Waals surface area contributed by atoms with Crippen molar-refractivity contribution >= 4 is 41.8 Å². The molecule has 0 aliphatic rings. The highest BCUT2D eigenvalue weighted by Gasteiger charge is 2.11. The Morgan fingerprint density at radius 2 is 1.96 bits per heavy atom. The van der Waals surface area contributed by atoms with Gasteiger partial charge < -0.3 is 0 Å². The van der Waals surface area contributed by atoms with E-state index in [1.165, 1.54) is 4.90 Å².